The summed E-state index contributed by atoms with van der Waals surface area (Å²) in [6.07, 6.45) is 3.02. The summed E-state index contributed by atoms with van der Waals surface area (Å²) < 4.78 is 27.8. The Morgan fingerprint density at radius 2 is 1.95 bits per heavy atom. The Kier molecular flexibility index (Phi) is 4.83. The Balaban J connectivity index is 2.30. The predicted molar refractivity (Wildman–Crippen MR) is 81.3 cm³/mol. The van der Waals surface area contributed by atoms with Crippen LogP contribution in [0.5, 0.6) is 0 Å². The molecule has 0 atom stereocenters. The van der Waals surface area contributed by atoms with Gasteiger partial charge in [-0.3, -0.25) is 0 Å². The maximum Gasteiger partial charge on any atom is 0.241 e. The van der Waals surface area contributed by atoms with Crippen molar-refractivity contribution in [2.75, 3.05) is 6.54 Å². The minimum absolute atomic E-state index is 0.122. The van der Waals surface area contributed by atoms with E-state index in [2.05, 4.69) is 16.1 Å². The Labute approximate surface area is 122 Å². The van der Waals surface area contributed by atoms with Gasteiger partial charge in [-0.15, -0.1) is 0 Å². The highest BCUT2D eigenvalue weighted by Crippen LogP contribution is 2.25. The first-order valence-electron chi connectivity index (χ1n) is 7.27. The summed E-state index contributed by atoms with van der Waals surface area (Å²) in [5.41, 5.74) is 2.88. The maximum atomic E-state index is 12.5. The summed E-state index contributed by atoms with van der Waals surface area (Å²) in [6.45, 7) is 7.45. The maximum absolute atomic E-state index is 12.5. The van der Waals surface area contributed by atoms with Gasteiger partial charge in [0.2, 0.25) is 10.0 Å². The van der Waals surface area contributed by atoms with Crippen molar-refractivity contribution in [2.45, 2.75) is 57.5 Å². The molecule has 2 N–H and O–H groups in total. The molecule has 1 aliphatic carbocycles. The molecule has 0 unspecified atom stereocenters. The number of nitrogens with one attached hydrogen (secondary N) is 2. The molecule has 20 heavy (non-hydrogen) atoms. The molecule has 0 saturated heterocycles. The molecule has 1 aliphatic rings. The van der Waals surface area contributed by atoms with Gasteiger partial charge < -0.3 is 5.32 Å². The fourth-order valence-electron chi connectivity index (χ4n) is 2.36. The second-order valence-corrected chi connectivity index (χ2v) is 7.25. The summed E-state index contributed by atoms with van der Waals surface area (Å²) in [7, 11) is -3.40. The van der Waals surface area contributed by atoms with E-state index in [1.807, 2.05) is 20.8 Å². The molecule has 5 heteroatoms. The quantitative estimate of drug-likeness (QED) is 0.846. The van der Waals surface area contributed by atoms with Crippen molar-refractivity contribution in [1.82, 2.24) is 10.0 Å². The highest BCUT2D eigenvalue weighted by atomic mass is 32.2. The van der Waals surface area contributed by atoms with Crippen LogP contribution in [0.25, 0.3) is 0 Å². The van der Waals surface area contributed by atoms with Gasteiger partial charge in [-0.05, 0) is 56.0 Å². The Bertz CT molecular complexity index is 578. The fourth-order valence-corrected chi connectivity index (χ4v) is 4.03. The van der Waals surface area contributed by atoms with Gasteiger partial charge in [-0.2, -0.15) is 0 Å². The number of aryl methyl sites for hydroxylation is 1. The lowest BCUT2D eigenvalue weighted by Gasteiger charge is -2.26. The number of hydrogen-bond donors (Lipinski definition) is 2. The highest BCUT2D eigenvalue weighted by molar-refractivity contribution is 7.89. The Hall–Kier alpha value is -0.910. The summed E-state index contributed by atoms with van der Waals surface area (Å²) in [5.74, 6) is 0. The van der Waals surface area contributed by atoms with Gasteiger partial charge in [0.1, 0.15) is 0 Å². The van der Waals surface area contributed by atoms with Gasteiger partial charge in [0.05, 0.1) is 4.90 Å². The van der Waals surface area contributed by atoms with E-state index >= 15 is 0 Å². The van der Waals surface area contributed by atoms with Gasteiger partial charge in [-0.25, -0.2) is 13.1 Å². The molecule has 0 spiro atoms. The SMILES string of the molecule is CCNCc1cc(C)c(C)c(S(=O)(=O)NC2CCC2)c1. The molecule has 0 radical (unpaired) electrons. The van der Waals surface area contributed by atoms with E-state index in [0.29, 0.717) is 11.4 Å². The normalized spacial score (nSPS) is 16.1. The topological polar surface area (TPSA) is 58.2 Å². The third kappa shape index (κ3) is 3.40. The molecule has 0 aromatic heterocycles. The van der Waals surface area contributed by atoms with Crippen LogP contribution in [-0.2, 0) is 16.6 Å². The third-order valence-corrected chi connectivity index (χ3v) is 5.62. The lowest BCUT2D eigenvalue weighted by molar-refractivity contribution is 0.383. The van der Waals surface area contributed by atoms with Crippen molar-refractivity contribution in [3.05, 3.63) is 28.8 Å². The first-order valence-corrected chi connectivity index (χ1v) is 8.75. The van der Waals surface area contributed by atoms with E-state index in [4.69, 9.17) is 0 Å². The van der Waals surface area contributed by atoms with Crippen LogP contribution < -0.4 is 10.0 Å². The van der Waals surface area contributed by atoms with Crippen molar-refractivity contribution < 1.29 is 8.42 Å². The number of rotatable bonds is 6. The molecule has 1 aromatic carbocycles. The monoisotopic (exact) mass is 296 g/mol. The van der Waals surface area contributed by atoms with Gasteiger partial charge in [0.25, 0.3) is 0 Å². The zero-order valence-corrected chi connectivity index (χ0v) is 13.3. The molecule has 1 aromatic rings. The predicted octanol–water partition coefficient (Wildman–Crippen LogP) is 2.24. The lowest BCUT2D eigenvalue weighted by Crippen LogP contribution is -2.39. The van der Waals surface area contributed by atoms with E-state index in [1.54, 1.807) is 6.07 Å². The molecule has 1 fully saturated rings. The van der Waals surface area contributed by atoms with Gasteiger partial charge in [0.15, 0.2) is 0 Å². The lowest BCUT2D eigenvalue weighted by atomic mass is 9.94. The number of sulfonamides is 1. The van der Waals surface area contributed by atoms with E-state index < -0.39 is 10.0 Å². The van der Waals surface area contributed by atoms with Crippen LogP contribution in [-0.4, -0.2) is 21.0 Å². The molecular formula is C15H24N2O2S. The largest absolute Gasteiger partial charge is 0.313 e. The van der Waals surface area contributed by atoms with Gasteiger partial charge in [0, 0.05) is 12.6 Å². The van der Waals surface area contributed by atoms with E-state index in [9.17, 15) is 8.42 Å². The second kappa shape index (κ2) is 6.24. The van der Waals surface area contributed by atoms with Crippen molar-refractivity contribution >= 4 is 10.0 Å². The Morgan fingerprint density at radius 3 is 2.50 bits per heavy atom. The Morgan fingerprint density at radius 1 is 1.25 bits per heavy atom. The zero-order valence-electron chi connectivity index (χ0n) is 12.5. The van der Waals surface area contributed by atoms with Crippen LogP contribution in [0.1, 0.15) is 42.9 Å². The number of hydrogen-bond acceptors (Lipinski definition) is 3. The van der Waals surface area contributed by atoms with Crippen molar-refractivity contribution in [3.63, 3.8) is 0 Å². The van der Waals surface area contributed by atoms with Crippen LogP contribution >= 0.6 is 0 Å². The molecule has 4 nitrogen and oxygen atoms in total. The van der Waals surface area contributed by atoms with Gasteiger partial charge in [-0.1, -0.05) is 19.4 Å². The van der Waals surface area contributed by atoms with E-state index in [0.717, 1.165) is 42.5 Å². The minimum Gasteiger partial charge on any atom is -0.313 e. The summed E-state index contributed by atoms with van der Waals surface area (Å²) in [6, 6.07) is 3.98. The smallest absolute Gasteiger partial charge is 0.241 e. The summed E-state index contributed by atoms with van der Waals surface area (Å²) in [5, 5.41) is 3.24. The third-order valence-electron chi connectivity index (χ3n) is 3.98. The summed E-state index contributed by atoms with van der Waals surface area (Å²) >= 11 is 0. The molecule has 0 aliphatic heterocycles. The van der Waals surface area contributed by atoms with E-state index in [1.165, 1.54) is 0 Å². The average molecular weight is 296 g/mol. The van der Waals surface area contributed by atoms with Crippen LogP contribution in [0.4, 0.5) is 0 Å². The molecule has 112 valence electrons. The first-order chi connectivity index (χ1) is 9.44. The molecule has 0 amide bonds. The second-order valence-electron chi connectivity index (χ2n) is 5.57. The van der Waals surface area contributed by atoms with Crippen molar-refractivity contribution in [2.24, 2.45) is 0 Å². The molecule has 2 rings (SSSR count). The molecule has 1 saturated carbocycles. The van der Waals surface area contributed by atoms with Crippen LogP contribution in [0, 0.1) is 13.8 Å². The first kappa shape index (κ1) is 15.5. The average Bonchev–Trinajstić information content (AvgIpc) is 2.35. The van der Waals surface area contributed by atoms with Crippen molar-refractivity contribution in [3.8, 4) is 0 Å². The molecular weight excluding hydrogens is 272 g/mol. The minimum atomic E-state index is -3.40. The van der Waals surface area contributed by atoms with Crippen molar-refractivity contribution in [1.29, 1.82) is 0 Å². The molecule has 0 bridgehead atoms. The van der Waals surface area contributed by atoms with Gasteiger partial charge >= 0.3 is 0 Å². The highest BCUT2D eigenvalue weighted by Gasteiger charge is 2.26. The zero-order chi connectivity index (χ0) is 14.8. The van der Waals surface area contributed by atoms with E-state index in [-0.39, 0.29) is 6.04 Å². The fraction of sp³-hybridized carbons (Fsp3) is 0.600. The van der Waals surface area contributed by atoms with Crippen LogP contribution in [0.15, 0.2) is 17.0 Å². The van der Waals surface area contributed by atoms with Crippen LogP contribution in [0.2, 0.25) is 0 Å². The van der Waals surface area contributed by atoms with Crippen LogP contribution in [0.3, 0.4) is 0 Å². The summed E-state index contributed by atoms with van der Waals surface area (Å²) in [4.78, 5) is 0.428. The standard InChI is InChI=1S/C15H24N2O2S/c1-4-16-10-13-8-11(2)12(3)15(9-13)20(18,19)17-14-6-5-7-14/h8-9,14,16-17H,4-7,10H2,1-3H3. The number of benzene rings is 1. The molecule has 0 heterocycles.